The van der Waals surface area contributed by atoms with Crippen LogP contribution in [0.2, 0.25) is 0 Å². The molecular weight excluding hydrogens is 397 g/mol. The molecule has 0 aliphatic carbocycles. The number of guanidine groups is 1. The third kappa shape index (κ3) is 5.98. The molecule has 158 valence electrons. The fourth-order valence-electron chi connectivity index (χ4n) is 2.66. The molecule has 11 heteroatoms. The van der Waals surface area contributed by atoms with Gasteiger partial charge >= 0.3 is 6.18 Å². The molecule has 0 radical (unpaired) electrons. The Morgan fingerprint density at radius 3 is 2.64 bits per heavy atom. The lowest BCUT2D eigenvalue weighted by Crippen LogP contribution is -2.57. The number of rotatable bonds is 5. The number of nitrogens with zero attached hydrogens (tertiary/aromatic N) is 3. The maximum absolute atomic E-state index is 12.2. The van der Waals surface area contributed by atoms with Crippen molar-refractivity contribution in [3.05, 3.63) is 23.9 Å². The summed E-state index contributed by atoms with van der Waals surface area (Å²) in [5.74, 6) is 0.528. The van der Waals surface area contributed by atoms with Crippen LogP contribution in [0.1, 0.15) is 26.3 Å². The predicted molar refractivity (Wildman–Crippen MR) is 100 cm³/mol. The van der Waals surface area contributed by atoms with Gasteiger partial charge in [0.15, 0.2) is 22.4 Å². The van der Waals surface area contributed by atoms with Crippen molar-refractivity contribution in [1.29, 1.82) is 0 Å². The highest BCUT2D eigenvalue weighted by molar-refractivity contribution is 7.92. The van der Waals surface area contributed by atoms with Crippen LogP contribution < -0.4 is 10.1 Å². The molecule has 0 bridgehead atoms. The fraction of sp³-hybridized carbons (Fsp3) is 0.647. The molecule has 0 spiro atoms. The second kappa shape index (κ2) is 8.54. The molecule has 1 fully saturated rings. The van der Waals surface area contributed by atoms with Crippen LogP contribution in [0, 0.1) is 0 Å². The SMILES string of the molecule is CCNC(=NCc1ccc(OCC(F)(F)F)nc1)N1CCS(=O)(=O)C(C)(C)C1. The van der Waals surface area contributed by atoms with Gasteiger partial charge in [-0.3, -0.25) is 0 Å². The Labute approximate surface area is 162 Å². The summed E-state index contributed by atoms with van der Waals surface area (Å²) in [4.78, 5) is 10.3. The van der Waals surface area contributed by atoms with Crippen molar-refractivity contribution in [2.45, 2.75) is 38.2 Å². The molecule has 0 saturated carbocycles. The summed E-state index contributed by atoms with van der Waals surface area (Å²) in [6, 6.07) is 2.95. The molecular formula is C17H25F3N4O3S. The first-order valence-electron chi connectivity index (χ1n) is 8.83. The number of hydrogen-bond acceptors (Lipinski definition) is 5. The summed E-state index contributed by atoms with van der Waals surface area (Å²) in [7, 11) is -3.16. The molecule has 0 amide bonds. The topological polar surface area (TPSA) is 83.9 Å². The molecule has 1 aliphatic rings. The van der Waals surface area contributed by atoms with Gasteiger partial charge in [0.1, 0.15) is 0 Å². The van der Waals surface area contributed by atoms with E-state index < -0.39 is 27.4 Å². The second-order valence-electron chi connectivity index (χ2n) is 7.08. The van der Waals surface area contributed by atoms with E-state index in [9.17, 15) is 21.6 Å². The largest absolute Gasteiger partial charge is 0.468 e. The standard InChI is InChI=1S/C17H25F3N4O3S/c1-4-21-15(24-7-8-28(25,26)16(2,3)11-24)23-10-13-5-6-14(22-9-13)27-12-17(18,19)20/h5-6,9H,4,7-8,10-12H2,1-3H3,(H,21,23). The summed E-state index contributed by atoms with van der Waals surface area (Å²) in [5, 5.41) is 3.15. The summed E-state index contributed by atoms with van der Waals surface area (Å²) >= 11 is 0. The van der Waals surface area contributed by atoms with E-state index in [-0.39, 0.29) is 18.2 Å². The summed E-state index contributed by atoms with van der Waals surface area (Å²) in [6.45, 7) is 5.45. The van der Waals surface area contributed by atoms with Gasteiger partial charge in [0.25, 0.3) is 0 Å². The number of alkyl halides is 3. The Morgan fingerprint density at radius 2 is 2.11 bits per heavy atom. The van der Waals surface area contributed by atoms with Crippen molar-refractivity contribution in [3.63, 3.8) is 0 Å². The van der Waals surface area contributed by atoms with E-state index in [1.165, 1.54) is 12.3 Å². The van der Waals surface area contributed by atoms with Gasteiger partial charge < -0.3 is 15.0 Å². The molecule has 28 heavy (non-hydrogen) atoms. The van der Waals surface area contributed by atoms with Crippen LogP contribution in [0.15, 0.2) is 23.3 Å². The average molecular weight is 422 g/mol. The first-order chi connectivity index (χ1) is 12.9. The van der Waals surface area contributed by atoms with E-state index >= 15 is 0 Å². The fourth-order valence-corrected chi connectivity index (χ4v) is 4.03. The van der Waals surface area contributed by atoms with Crippen LogP contribution in [-0.4, -0.2) is 67.2 Å². The molecule has 0 aromatic carbocycles. The number of aromatic nitrogens is 1. The molecule has 1 saturated heterocycles. The number of ether oxygens (including phenoxy) is 1. The normalized spacial score (nSPS) is 19.4. The molecule has 1 aromatic rings. The lowest BCUT2D eigenvalue weighted by molar-refractivity contribution is -0.154. The van der Waals surface area contributed by atoms with Crippen LogP contribution in [-0.2, 0) is 16.4 Å². The van der Waals surface area contributed by atoms with E-state index in [1.54, 1.807) is 19.9 Å². The molecule has 1 aromatic heterocycles. The van der Waals surface area contributed by atoms with Gasteiger partial charge in [-0.25, -0.2) is 18.4 Å². The molecule has 0 atom stereocenters. The van der Waals surface area contributed by atoms with Crippen molar-refractivity contribution in [3.8, 4) is 5.88 Å². The van der Waals surface area contributed by atoms with Gasteiger partial charge in [-0.2, -0.15) is 13.2 Å². The lowest BCUT2D eigenvalue weighted by Gasteiger charge is -2.39. The highest BCUT2D eigenvalue weighted by atomic mass is 32.2. The summed E-state index contributed by atoms with van der Waals surface area (Å²) < 4.78 is 64.5. The summed E-state index contributed by atoms with van der Waals surface area (Å²) in [5.41, 5.74) is 0.693. The third-order valence-electron chi connectivity index (χ3n) is 4.27. The van der Waals surface area contributed by atoms with Crippen LogP contribution in [0.4, 0.5) is 13.2 Å². The highest BCUT2D eigenvalue weighted by Gasteiger charge is 2.40. The van der Waals surface area contributed by atoms with Crippen LogP contribution in [0.5, 0.6) is 5.88 Å². The Hall–Kier alpha value is -2.04. The van der Waals surface area contributed by atoms with Crippen LogP contribution >= 0.6 is 0 Å². The number of nitrogens with one attached hydrogen (secondary N) is 1. The zero-order chi connectivity index (χ0) is 21.0. The van der Waals surface area contributed by atoms with Gasteiger partial charge in [0.05, 0.1) is 17.0 Å². The molecule has 0 unspecified atom stereocenters. The van der Waals surface area contributed by atoms with Crippen molar-refractivity contribution in [1.82, 2.24) is 15.2 Å². The highest BCUT2D eigenvalue weighted by Crippen LogP contribution is 2.24. The number of sulfone groups is 1. The zero-order valence-electron chi connectivity index (χ0n) is 16.1. The maximum Gasteiger partial charge on any atom is 0.422 e. The number of aliphatic imine (C=N–C) groups is 1. The smallest absolute Gasteiger partial charge is 0.422 e. The third-order valence-corrected chi connectivity index (χ3v) is 6.80. The maximum atomic E-state index is 12.2. The number of halogens is 3. The number of hydrogen-bond donors (Lipinski definition) is 1. The Kier molecular flexibility index (Phi) is 6.79. The minimum absolute atomic E-state index is 0.0528. The molecule has 7 nitrogen and oxygen atoms in total. The first-order valence-corrected chi connectivity index (χ1v) is 10.5. The van der Waals surface area contributed by atoms with E-state index in [0.29, 0.717) is 31.2 Å². The Bertz CT molecular complexity index is 793. The minimum Gasteiger partial charge on any atom is -0.468 e. The molecule has 2 rings (SSSR count). The van der Waals surface area contributed by atoms with Crippen LogP contribution in [0.3, 0.4) is 0 Å². The molecule has 1 N–H and O–H groups in total. The molecule has 1 aliphatic heterocycles. The Balaban J connectivity index is 2.05. The Morgan fingerprint density at radius 1 is 1.39 bits per heavy atom. The van der Waals surface area contributed by atoms with E-state index in [2.05, 4.69) is 20.0 Å². The van der Waals surface area contributed by atoms with Crippen molar-refractivity contribution in [2.75, 3.05) is 32.0 Å². The van der Waals surface area contributed by atoms with Gasteiger partial charge in [-0.1, -0.05) is 6.07 Å². The zero-order valence-corrected chi connectivity index (χ0v) is 16.9. The van der Waals surface area contributed by atoms with Gasteiger partial charge in [-0.05, 0) is 26.3 Å². The van der Waals surface area contributed by atoms with Crippen LogP contribution in [0.25, 0.3) is 0 Å². The molecule has 2 heterocycles. The van der Waals surface area contributed by atoms with Crippen molar-refractivity contribution < 1.29 is 26.3 Å². The van der Waals surface area contributed by atoms with Gasteiger partial charge in [0.2, 0.25) is 5.88 Å². The predicted octanol–water partition coefficient (Wildman–Crippen LogP) is 2.00. The van der Waals surface area contributed by atoms with E-state index in [1.807, 2.05) is 11.8 Å². The lowest BCUT2D eigenvalue weighted by atomic mass is 10.2. The van der Waals surface area contributed by atoms with E-state index in [0.717, 1.165) is 0 Å². The number of pyridine rings is 1. The van der Waals surface area contributed by atoms with Gasteiger partial charge in [0, 0.05) is 31.9 Å². The van der Waals surface area contributed by atoms with Crippen molar-refractivity contribution in [2.24, 2.45) is 4.99 Å². The minimum atomic E-state index is -4.42. The second-order valence-corrected chi connectivity index (χ2v) is 9.82. The first kappa shape index (κ1) is 22.3. The average Bonchev–Trinajstić information content (AvgIpc) is 2.59. The van der Waals surface area contributed by atoms with E-state index in [4.69, 9.17) is 0 Å². The van der Waals surface area contributed by atoms with Gasteiger partial charge in [-0.15, -0.1) is 0 Å². The monoisotopic (exact) mass is 422 g/mol. The van der Waals surface area contributed by atoms with Crippen molar-refractivity contribution >= 4 is 15.8 Å². The summed E-state index contributed by atoms with van der Waals surface area (Å²) in [6.07, 6.45) is -3.01. The quantitative estimate of drug-likeness (QED) is 0.577.